The van der Waals surface area contributed by atoms with Crippen molar-refractivity contribution in [2.75, 3.05) is 0 Å². The molecule has 7 nitrogen and oxygen atoms in total. The van der Waals surface area contributed by atoms with Gasteiger partial charge < -0.3 is 14.5 Å². The topological polar surface area (TPSA) is 109 Å². The molecule has 17 heavy (non-hydrogen) atoms. The van der Waals surface area contributed by atoms with Gasteiger partial charge in [-0.05, 0) is 6.07 Å². The van der Waals surface area contributed by atoms with Crippen LogP contribution < -0.4 is 5.56 Å². The summed E-state index contributed by atoms with van der Waals surface area (Å²) in [5, 5.41) is 15.9. The summed E-state index contributed by atoms with van der Waals surface area (Å²) >= 11 is 0. The highest BCUT2D eigenvalue weighted by atomic mass is 16.4. The SMILES string of the molecule is O=C(O)CCc1nnc(-c2cc[nH]c(=O)c2)o1. The summed E-state index contributed by atoms with van der Waals surface area (Å²) in [7, 11) is 0. The van der Waals surface area contributed by atoms with Crippen LogP contribution in [0.5, 0.6) is 0 Å². The van der Waals surface area contributed by atoms with Crippen LogP contribution in [0.4, 0.5) is 0 Å². The molecule has 0 amide bonds. The van der Waals surface area contributed by atoms with Crippen molar-refractivity contribution in [1.29, 1.82) is 0 Å². The van der Waals surface area contributed by atoms with Gasteiger partial charge in [-0.3, -0.25) is 9.59 Å². The Bertz CT molecular complexity index is 587. The lowest BCUT2D eigenvalue weighted by Gasteiger charge is -1.92. The lowest BCUT2D eigenvalue weighted by molar-refractivity contribution is -0.137. The van der Waals surface area contributed by atoms with Crippen molar-refractivity contribution in [1.82, 2.24) is 15.2 Å². The van der Waals surface area contributed by atoms with Gasteiger partial charge in [0.1, 0.15) is 0 Å². The van der Waals surface area contributed by atoms with Gasteiger partial charge >= 0.3 is 5.97 Å². The first kappa shape index (κ1) is 11.1. The van der Waals surface area contributed by atoms with Crippen LogP contribution in [0, 0.1) is 0 Å². The molecule has 0 radical (unpaired) electrons. The molecular formula is C10H9N3O4. The van der Waals surface area contributed by atoms with Crippen LogP contribution in [-0.4, -0.2) is 26.3 Å². The summed E-state index contributed by atoms with van der Waals surface area (Å²) < 4.78 is 5.24. The zero-order valence-electron chi connectivity index (χ0n) is 8.71. The molecule has 0 saturated carbocycles. The second-order valence-electron chi connectivity index (χ2n) is 3.34. The predicted molar refractivity (Wildman–Crippen MR) is 56.3 cm³/mol. The molecule has 2 aromatic rings. The maximum Gasteiger partial charge on any atom is 0.303 e. The number of nitrogens with one attached hydrogen (secondary N) is 1. The lowest BCUT2D eigenvalue weighted by Crippen LogP contribution is -2.01. The number of aryl methyl sites for hydroxylation is 1. The number of pyridine rings is 1. The van der Waals surface area contributed by atoms with Gasteiger partial charge in [0.15, 0.2) is 0 Å². The van der Waals surface area contributed by atoms with Crippen molar-refractivity contribution < 1.29 is 14.3 Å². The number of carboxylic acid groups (broad SMARTS) is 1. The highest BCUT2D eigenvalue weighted by Gasteiger charge is 2.10. The van der Waals surface area contributed by atoms with E-state index in [1.54, 1.807) is 6.07 Å². The molecule has 0 aromatic carbocycles. The van der Waals surface area contributed by atoms with Gasteiger partial charge in [0.2, 0.25) is 17.3 Å². The Morgan fingerprint density at radius 2 is 2.29 bits per heavy atom. The summed E-state index contributed by atoms with van der Waals surface area (Å²) in [4.78, 5) is 23.9. The van der Waals surface area contributed by atoms with E-state index in [0.717, 1.165) is 0 Å². The molecule has 0 aliphatic heterocycles. The number of aromatic amines is 1. The Kier molecular flexibility index (Phi) is 2.99. The number of carboxylic acids is 1. The van der Waals surface area contributed by atoms with Gasteiger partial charge in [0.05, 0.1) is 6.42 Å². The van der Waals surface area contributed by atoms with Crippen LogP contribution in [0.3, 0.4) is 0 Å². The maximum atomic E-state index is 11.1. The minimum absolute atomic E-state index is 0.0724. The van der Waals surface area contributed by atoms with Crippen LogP contribution in [0.25, 0.3) is 11.5 Å². The van der Waals surface area contributed by atoms with E-state index in [1.165, 1.54) is 12.3 Å². The number of rotatable bonds is 4. The largest absolute Gasteiger partial charge is 0.481 e. The number of H-pyrrole nitrogens is 1. The summed E-state index contributed by atoms with van der Waals surface area (Å²) in [5.74, 6) is -0.486. The van der Waals surface area contributed by atoms with Crippen molar-refractivity contribution in [3.8, 4) is 11.5 Å². The molecule has 0 fully saturated rings. The summed E-state index contributed by atoms with van der Waals surface area (Å²) in [6.07, 6.45) is 1.57. The maximum absolute atomic E-state index is 11.1. The first-order valence-electron chi connectivity index (χ1n) is 4.88. The number of nitrogens with zero attached hydrogens (tertiary/aromatic N) is 2. The molecule has 0 atom stereocenters. The number of carbonyl (C=O) groups is 1. The predicted octanol–water partition coefficient (Wildman–Crippen LogP) is 0.442. The Hall–Kier alpha value is -2.44. The third kappa shape index (κ3) is 2.77. The number of aliphatic carboxylic acids is 1. The molecule has 2 rings (SSSR count). The zero-order valence-corrected chi connectivity index (χ0v) is 8.71. The number of hydrogen-bond acceptors (Lipinski definition) is 5. The quantitative estimate of drug-likeness (QED) is 0.795. The summed E-state index contributed by atoms with van der Waals surface area (Å²) in [5.41, 5.74) is 0.232. The van der Waals surface area contributed by atoms with E-state index in [0.29, 0.717) is 5.56 Å². The molecule has 7 heteroatoms. The molecular weight excluding hydrogens is 226 g/mol. The third-order valence-electron chi connectivity index (χ3n) is 2.04. The van der Waals surface area contributed by atoms with Crippen molar-refractivity contribution in [2.45, 2.75) is 12.8 Å². The van der Waals surface area contributed by atoms with Crippen LogP contribution in [0.1, 0.15) is 12.3 Å². The normalized spacial score (nSPS) is 10.4. The molecule has 2 aromatic heterocycles. The van der Waals surface area contributed by atoms with E-state index in [9.17, 15) is 9.59 Å². The summed E-state index contributed by atoms with van der Waals surface area (Å²) in [6, 6.07) is 2.95. The minimum Gasteiger partial charge on any atom is -0.481 e. The van der Waals surface area contributed by atoms with Crippen molar-refractivity contribution in [2.24, 2.45) is 0 Å². The lowest BCUT2D eigenvalue weighted by atomic mass is 10.3. The van der Waals surface area contributed by atoms with Crippen molar-refractivity contribution >= 4 is 5.97 Å². The minimum atomic E-state index is -0.930. The smallest absolute Gasteiger partial charge is 0.303 e. The molecule has 2 heterocycles. The van der Waals surface area contributed by atoms with E-state index < -0.39 is 5.97 Å². The average molecular weight is 235 g/mol. The standard InChI is InChI=1S/C10H9N3O4/c14-7-5-6(3-4-11-7)10-13-12-8(17-10)1-2-9(15)16/h3-5H,1-2H2,(H,11,14)(H,15,16). The first-order chi connectivity index (χ1) is 8.15. The highest BCUT2D eigenvalue weighted by molar-refractivity contribution is 5.66. The molecule has 2 N–H and O–H groups in total. The molecule has 88 valence electrons. The van der Waals surface area contributed by atoms with Crippen LogP contribution in [0.15, 0.2) is 27.5 Å². The van der Waals surface area contributed by atoms with Crippen molar-refractivity contribution in [3.05, 3.63) is 34.6 Å². The highest BCUT2D eigenvalue weighted by Crippen LogP contribution is 2.15. The third-order valence-corrected chi connectivity index (χ3v) is 2.04. The number of aromatic nitrogens is 3. The van der Waals surface area contributed by atoms with Crippen LogP contribution in [0.2, 0.25) is 0 Å². The van der Waals surface area contributed by atoms with Gasteiger partial charge in [-0.15, -0.1) is 10.2 Å². The van der Waals surface area contributed by atoms with Crippen LogP contribution >= 0.6 is 0 Å². The zero-order chi connectivity index (χ0) is 12.3. The molecule has 0 saturated heterocycles. The Morgan fingerprint density at radius 3 is 3.00 bits per heavy atom. The molecule has 0 aliphatic rings. The molecule has 0 spiro atoms. The fourth-order valence-electron chi connectivity index (χ4n) is 1.26. The van der Waals surface area contributed by atoms with E-state index in [4.69, 9.17) is 9.52 Å². The van der Waals surface area contributed by atoms with Gasteiger partial charge in [0, 0.05) is 24.2 Å². The van der Waals surface area contributed by atoms with E-state index in [1.807, 2.05) is 0 Å². The van der Waals surface area contributed by atoms with Crippen LogP contribution in [-0.2, 0) is 11.2 Å². The fourth-order valence-corrected chi connectivity index (χ4v) is 1.26. The molecule has 0 bridgehead atoms. The van der Waals surface area contributed by atoms with Gasteiger partial charge in [-0.2, -0.15) is 0 Å². The fraction of sp³-hybridized carbons (Fsp3) is 0.200. The Labute approximate surface area is 95.1 Å². The monoisotopic (exact) mass is 235 g/mol. The Balaban J connectivity index is 2.18. The van der Waals surface area contributed by atoms with Gasteiger partial charge in [-0.25, -0.2) is 0 Å². The number of hydrogen-bond donors (Lipinski definition) is 2. The first-order valence-corrected chi connectivity index (χ1v) is 4.88. The second-order valence-corrected chi connectivity index (χ2v) is 3.34. The average Bonchev–Trinajstić information content (AvgIpc) is 2.75. The van der Waals surface area contributed by atoms with Crippen molar-refractivity contribution in [3.63, 3.8) is 0 Å². The van der Waals surface area contributed by atoms with Gasteiger partial charge in [-0.1, -0.05) is 0 Å². The molecule has 0 aliphatic carbocycles. The van der Waals surface area contributed by atoms with E-state index >= 15 is 0 Å². The summed E-state index contributed by atoms with van der Waals surface area (Å²) in [6.45, 7) is 0. The van der Waals surface area contributed by atoms with Gasteiger partial charge in [0.25, 0.3) is 0 Å². The Morgan fingerprint density at radius 1 is 1.47 bits per heavy atom. The van der Waals surface area contributed by atoms with E-state index in [2.05, 4.69) is 15.2 Å². The second kappa shape index (κ2) is 4.60. The van der Waals surface area contributed by atoms with E-state index in [-0.39, 0.29) is 30.2 Å². The molecule has 0 unspecified atom stereocenters.